The summed E-state index contributed by atoms with van der Waals surface area (Å²) in [4.78, 5) is 4.74. The van der Waals surface area contributed by atoms with Gasteiger partial charge in [-0.1, -0.05) is 17.4 Å². The number of aromatic nitrogens is 1. The zero-order chi connectivity index (χ0) is 12.6. The number of hydrogen-bond donors (Lipinski definition) is 1. The van der Waals surface area contributed by atoms with E-state index in [9.17, 15) is 0 Å². The van der Waals surface area contributed by atoms with Gasteiger partial charge in [0.25, 0.3) is 0 Å². The summed E-state index contributed by atoms with van der Waals surface area (Å²) >= 11 is 1.82. The maximum absolute atomic E-state index is 4.74. The number of fused-ring (bicyclic) bond motifs is 6. The molecule has 2 bridgehead atoms. The molecule has 3 fully saturated rings. The lowest BCUT2D eigenvalue weighted by Crippen LogP contribution is -2.12. The third-order valence-corrected chi connectivity index (χ3v) is 6.52. The summed E-state index contributed by atoms with van der Waals surface area (Å²) in [5, 5.41) is 4.87. The Morgan fingerprint density at radius 1 is 1.21 bits per heavy atom. The lowest BCUT2D eigenvalue weighted by Gasteiger charge is -2.08. The molecule has 1 aromatic heterocycles. The SMILES string of the molecule is Cc1ccc2nc(NC3C4C5CCC(C5)C34)sc2c1. The zero-order valence-corrected chi connectivity index (χ0v) is 11.9. The highest BCUT2D eigenvalue weighted by Crippen LogP contribution is 2.66. The van der Waals surface area contributed by atoms with Crippen LogP contribution in [-0.2, 0) is 0 Å². The van der Waals surface area contributed by atoms with E-state index in [0.29, 0.717) is 0 Å². The summed E-state index contributed by atoms with van der Waals surface area (Å²) in [6, 6.07) is 7.28. The first kappa shape index (κ1) is 10.7. The fraction of sp³-hybridized carbons (Fsp3) is 0.562. The maximum atomic E-state index is 4.74. The fourth-order valence-electron chi connectivity index (χ4n) is 4.75. The van der Waals surface area contributed by atoms with E-state index in [1.807, 2.05) is 11.3 Å². The van der Waals surface area contributed by atoms with Gasteiger partial charge in [-0.25, -0.2) is 4.98 Å². The molecule has 0 spiro atoms. The van der Waals surface area contributed by atoms with Gasteiger partial charge in [0, 0.05) is 6.04 Å². The topological polar surface area (TPSA) is 24.9 Å². The van der Waals surface area contributed by atoms with Gasteiger partial charge in [0.1, 0.15) is 0 Å². The van der Waals surface area contributed by atoms with Crippen molar-refractivity contribution in [2.24, 2.45) is 23.7 Å². The first-order valence-electron chi connectivity index (χ1n) is 7.43. The van der Waals surface area contributed by atoms with E-state index >= 15 is 0 Å². The van der Waals surface area contributed by atoms with Crippen LogP contribution in [0.2, 0.25) is 0 Å². The number of nitrogens with zero attached hydrogens (tertiary/aromatic N) is 1. The highest BCUT2D eigenvalue weighted by Gasteiger charge is 2.65. The molecule has 98 valence electrons. The molecule has 3 aliphatic rings. The lowest BCUT2D eigenvalue weighted by molar-refractivity contribution is 0.456. The van der Waals surface area contributed by atoms with E-state index in [-0.39, 0.29) is 0 Å². The Labute approximate surface area is 117 Å². The van der Waals surface area contributed by atoms with Gasteiger partial charge in [-0.15, -0.1) is 0 Å². The minimum atomic E-state index is 0.743. The highest BCUT2D eigenvalue weighted by atomic mass is 32.1. The van der Waals surface area contributed by atoms with Gasteiger partial charge >= 0.3 is 0 Å². The minimum Gasteiger partial charge on any atom is -0.358 e. The normalized spacial score (nSPS) is 38.7. The number of rotatable bonds is 2. The smallest absolute Gasteiger partial charge is 0.184 e. The molecule has 19 heavy (non-hydrogen) atoms. The number of thiazole rings is 1. The van der Waals surface area contributed by atoms with Crippen LogP contribution in [0.15, 0.2) is 18.2 Å². The van der Waals surface area contributed by atoms with Crippen molar-refractivity contribution in [1.82, 2.24) is 4.98 Å². The van der Waals surface area contributed by atoms with Crippen molar-refractivity contribution in [1.29, 1.82) is 0 Å². The largest absolute Gasteiger partial charge is 0.358 e. The van der Waals surface area contributed by atoms with Crippen molar-refractivity contribution in [3.05, 3.63) is 23.8 Å². The lowest BCUT2D eigenvalue weighted by atomic mass is 10.0. The highest BCUT2D eigenvalue weighted by molar-refractivity contribution is 7.22. The standard InChI is InChI=1S/C16H18N2S/c1-8-2-5-11-12(6-8)19-16(17-11)18-15-13-9-3-4-10(7-9)14(13)15/h2,5-6,9-10,13-15H,3-4,7H2,1H3,(H,17,18). The average molecular weight is 270 g/mol. The predicted molar refractivity (Wildman–Crippen MR) is 79.6 cm³/mol. The van der Waals surface area contributed by atoms with Crippen LogP contribution in [0.25, 0.3) is 10.2 Å². The second kappa shape index (κ2) is 3.51. The molecule has 0 amide bonds. The molecular weight excluding hydrogens is 252 g/mol. The van der Waals surface area contributed by atoms with Crippen molar-refractivity contribution in [2.75, 3.05) is 5.32 Å². The molecule has 3 saturated carbocycles. The summed E-state index contributed by atoms with van der Waals surface area (Å²) in [6.45, 7) is 2.15. The third-order valence-electron chi connectivity index (χ3n) is 5.57. The molecule has 0 saturated heterocycles. The molecule has 2 aromatic rings. The molecule has 1 N–H and O–H groups in total. The van der Waals surface area contributed by atoms with Crippen LogP contribution in [0, 0.1) is 30.6 Å². The molecule has 4 atom stereocenters. The minimum absolute atomic E-state index is 0.743. The van der Waals surface area contributed by atoms with E-state index < -0.39 is 0 Å². The average Bonchev–Trinajstić information content (AvgIpc) is 2.79. The predicted octanol–water partition coefficient (Wildman–Crippen LogP) is 4.06. The first-order valence-corrected chi connectivity index (χ1v) is 8.25. The van der Waals surface area contributed by atoms with E-state index in [1.54, 1.807) is 0 Å². The Balaban J connectivity index is 1.41. The van der Waals surface area contributed by atoms with Crippen molar-refractivity contribution in [3.8, 4) is 0 Å². The summed E-state index contributed by atoms with van der Waals surface area (Å²) in [7, 11) is 0. The second-order valence-electron chi connectivity index (χ2n) is 6.65. The number of benzene rings is 1. The van der Waals surface area contributed by atoms with E-state index in [2.05, 4.69) is 30.4 Å². The molecule has 4 unspecified atom stereocenters. The van der Waals surface area contributed by atoms with Gasteiger partial charge in [0.05, 0.1) is 10.2 Å². The van der Waals surface area contributed by atoms with Gasteiger partial charge in [0.2, 0.25) is 0 Å². The summed E-state index contributed by atoms with van der Waals surface area (Å²) in [5.41, 5.74) is 2.47. The van der Waals surface area contributed by atoms with Gasteiger partial charge in [0.15, 0.2) is 5.13 Å². The van der Waals surface area contributed by atoms with Crippen LogP contribution in [0.3, 0.4) is 0 Å². The van der Waals surface area contributed by atoms with Crippen LogP contribution < -0.4 is 5.32 Å². The van der Waals surface area contributed by atoms with Crippen LogP contribution in [0.5, 0.6) is 0 Å². The van der Waals surface area contributed by atoms with Crippen LogP contribution >= 0.6 is 11.3 Å². The third kappa shape index (κ3) is 1.45. The van der Waals surface area contributed by atoms with Crippen molar-refractivity contribution in [2.45, 2.75) is 32.2 Å². The number of aryl methyl sites for hydroxylation is 1. The summed E-state index contributed by atoms with van der Waals surface area (Å²) in [6.07, 6.45) is 4.50. The zero-order valence-electron chi connectivity index (χ0n) is 11.1. The van der Waals surface area contributed by atoms with Crippen LogP contribution in [-0.4, -0.2) is 11.0 Å². The first-order chi connectivity index (χ1) is 9.29. The van der Waals surface area contributed by atoms with Crippen LogP contribution in [0.4, 0.5) is 5.13 Å². The van der Waals surface area contributed by atoms with Gasteiger partial charge in [-0.3, -0.25) is 0 Å². The maximum Gasteiger partial charge on any atom is 0.184 e. The number of hydrogen-bond acceptors (Lipinski definition) is 3. The van der Waals surface area contributed by atoms with E-state index in [1.165, 1.54) is 29.5 Å². The quantitative estimate of drug-likeness (QED) is 0.890. The Morgan fingerprint density at radius 3 is 2.79 bits per heavy atom. The molecule has 0 radical (unpaired) electrons. The molecule has 0 aliphatic heterocycles. The van der Waals surface area contributed by atoms with Crippen LogP contribution in [0.1, 0.15) is 24.8 Å². The number of nitrogens with one attached hydrogen (secondary N) is 1. The van der Waals surface area contributed by atoms with Gasteiger partial charge in [-0.05, 0) is 67.6 Å². The van der Waals surface area contributed by atoms with E-state index in [0.717, 1.165) is 40.4 Å². The monoisotopic (exact) mass is 270 g/mol. The Morgan fingerprint density at radius 2 is 2.00 bits per heavy atom. The molecule has 1 aromatic carbocycles. The van der Waals surface area contributed by atoms with Gasteiger partial charge < -0.3 is 5.32 Å². The molecule has 2 nitrogen and oxygen atoms in total. The molecule has 1 heterocycles. The molecule has 3 aliphatic carbocycles. The molecule has 5 rings (SSSR count). The molecule has 3 heteroatoms. The second-order valence-corrected chi connectivity index (χ2v) is 7.68. The Kier molecular flexibility index (Phi) is 1.97. The van der Waals surface area contributed by atoms with Crippen molar-refractivity contribution >= 4 is 26.7 Å². The van der Waals surface area contributed by atoms with Crippen molar-refractivity contribution in [3.63, 3.8) is 0 Å². The summed E-state index contributed by atoms with van der Waals surface area (Å²) in [5.74, 6) is 4.02. The number of anilines is 1. The Bertz CT molecular complexity index is 646. The van der Waals surface area contributed by atoms with E-state index in [4.69, 9.17) is 4.98 Å². The molecular formula is C16H18N2S. The Hall–Kier alpha value is -1.09. The van der Waals surface area contributed by atoms with Crippen molar-refractivity contribution < 1.29 is 0 Å². The summed E-state index contributed by atoms with van der Waals surface area (Å²) < 4.78 is 1.32. The van der Waals surface area contributed by atoms with Gasteiger partial charge in [-0.2, -0.15) is 0 Å². The fourth-order valence-corrected chi connectivity index (χ4v) is 5.76.